The molecule has 0 bridgehead atoms. The van der Waals surface area contributed by atoms with Crippen LogP contribution in [0.15, 0.2) is 47.4 Å². The highest BCUT2D eigenvalue weighted by molar-refractivity contribution is 8.01. The van der Waals surface area contributed by atoms with Crippen LogP contribution in [0.25, 0.3) is 0 Å². The summed E-state index contributed by atoms with van der Waals surface area (Å²) in [4.78, 5) is 25.0. The highest BCUT2D eigenvalue weighted by atomic mass is 35.5. The molecule has 1 unspecified atom stereocenters. The molecule has 1 heterocycles. The summed E-state index contributed by atoms with van der Waals surface area (Å²) in [5.74, 6) is -0.191. The number of carbonyl (C=O) groups is 2. The number of ether oxygens (including phenoxy) is 2. The van der Waals surface area contributed by atoms with Gasteiger partial charge in [-0.2, -0.15) is 0 Å². The first-order chi connectivity index (χ1) is 12.5. The van der Waals surface area contributed by atoms with E-state index in [4.69, 9.17) is 32.7 Å². The van der Waals surface area contributed by atoms with E-state index in [1.54, 1.807) is 18.2 Å². The van der Waals surface area contributed by atoms with Crippen molar-refractivity contribution in [1.82, 2.24) is 0 Å². The molecule has 0 aliphatic carbocycles. The van der Waals surface area contributed by atoms with Crippen molar-refractivity contribution in [1.29, 1.82) is 0 Å². The Bertz CT molecular complexity index is 831. The summed E-state index contributed by atoms with van der Waals surface area (Å²) in [6, 6.07) is 12.3. The number of thioether (sulfide) groups is 1. The van der Waals surface area contributed by atoms with Crippen molar-refractivity contribution in [3.63, 3.8) is 0 Å². The van der Waals surface area contributed by atoms with Crippen LogP contribution in [0.5, 0.6) is 5.75 Å². The van der Waals surface area contributed by atoms with E-state index in [1.165, 1.54) is 11.8 Å². The molecule has 0 aromatic heterocycles. The number of benzene rings is 2. The molecule has 2 aromatic rings. The normalized spacial score (nSPS) is 15.8. The van der Waals surface area contributed by atoms with Crippen molar-refractivity contribution in [3.8, 4) is 5.75 Å². The van der Waals surface area contributed by atoms with Gasteiger partial charge in [0, 0.05) is 9.92 Å². The van der Waals surface area contributed by atoms with E-state index in [9.17, 15) is 9.59 Å². The fourth-order valence-corrected chi connectivity index (χ4v) is 3.89. The Morgan fingerprint density at radius 2 is 1.96 bits per heavy atom. The van der Waals surface area contributed by atoms with Gasteiger partial charge in [0.25, 0.3) is 0 Å². The molecule has 0 saturated carbocycles. The second-order valence-electron chi connectivity index (χ2n) is 5.44. The molecule has 0 saturated heterocycles. The van der Waals surface area contributed by atoms with Crippen molar-refractivity contribution >= 4 is 52.5 Å². The summed E-state index contributed by atoms with van der Waals surface area (Å²) in [5, 5.41) is 3.19. The molecule has 1 atom stereocenters. The third kappa shape index (κ3) is 4.84. The van der Waals surface area contributed by atoms with Crippen LogP contribution in [-0.4, -0.2) is 30.3 Å². The van der Waals surface area contributed by atoms with Gasteiger partial charge in [-0.15, -0.1) is 11.8 Å². The number of esters is 1. The predicted octanol–water partition coefficient (Wildman–Crippen LogP) is 4.42. The number of carbonyl (C=O) groups excluding carboxylic acids is 2. The summed E-state index contributed by atoms with van der Waals surface area (Å²) in [7, 11) is 0. The SMILES string of the molecule is O=C(CC1Sc2ccccc2NC1=O)OCCOc1ccc(Cl)cc1Cl. The van der Waals surface area contributed by atoms with E-state index >= 15 is 0 Å². The van der Waals surface area contributed by atoms with Crippen molar-refractivity contribution in [2.45, 2.75) is 16.6 Å². The van der Waals surface area contributed by atoms with Gasteiger partial charge < -0.3 is 14.8 Å². The predicted molar refractivity (Wildman–Crippen MR) is 102 cm³/mol. The van der Waals surface area contributed by atoms with Crippen LogP contribution in [-0.2, 0) is 14.3 Å². The monoisotopic (exact) mass is 411 g/mol. The van der Waals surface area contributed by atoms with Gasteiger partial charge in [-0.05, 0) is 30.3 Å². The molecule has 1 N–H and O–H groups in total. The third-order valence-electron chi connectivity index (χ3n) is 3.56. The minimum absolute atomic E-state index is 0.00741. The second kappa shape index (κ2) is 8.66. The van der Waals surface area contributed by atoms with Crippen LogP contribution >= 0.6 is 35.0 Å². The summed E-state index contributed by atoms with van der Waals surface area (Å²) >= 11 is 13.2. The number of para-hydroxylation sites is 1. The van der Waals surface area contributed by atoms with Gasteiger partial charge in [-0.3, -0.25) is 9.59 Å². The Labute approximate surface area is 165 Å². The average Bonchev–Trinajstić information content (AvgIpc) is 2.61. The summed E-state index contributed by atoms with van der Waals surface area (Å²) in [6.07, 6.45) is -0.00741. The van der Waals surface area contributed by atoms with Crippen molar-refractivity contribution in [2.24, 2.45) is 0 Å². The highest BCUT2D eigenvalue weighted by Gasteiger charge is 2.29. The molecule has 1 aliphatic heterocycles. The van der Waals surface area contributed by atoms with Crippen LogP contribution in [0.4, 0.5) is 5.69 Å². The standard InChI is InChI=1S/C18H15Cl2NO4S/c19-11-5-6-14(12(20)9-11)24-7-8-25-17(22)10-16-18(23)21-13-3-1-2-4-15(13)26-16/h1-6,9,16H,7-8,10H2,(H,21,23). The molecule has 0 fully saturated rings. The van der Waals surface area contributed by atoms with E-state index in [0.717, 1.165) is 10.6 Å². The fourth-order valence-electron chi connectivity index (χ4n) is 2.34. The minimum Gasteiger partial charge on any atom is -0.488 e. The minimum atomic E-state index is -0.510. The number of halogens is 2. The average molecular weight is 412 g/mol. The van der Waals surface area contributed by atoms with E-state index in [2.05, 4.69) is 5.32 Å². The zero-order chi connectivity index (χ0) is 18.5. The van der Waals surface area contributed by atoms with Gasteiger partial charge in [-0.1, -0.05) is 35.3 Å². The number of anilines is 1. The molecule has 3 rings (SSSR count). The summed E-state index contributed by atoms with van der Waals surface area (Å²) in [6.45, 7) is 0.216. The third-order valence-corrected chi connectivity index (χ3v) is 5.36. The molecule has 1 aliphatic rings. The number of amides is 1. The zero-order valence-electron chi connectivity index (χ0n) is 13.5. The lowest BCUT2D eigenvalue weighted by Crippen LogP contribution is -2.31. The zero-order valence-corrected chi connectivity index (χ0v) is 15.9. The Kier molecular flexibility index (Phi) is 6.29. The lowest BCUT2D eigenvalue weighted by molar-refractivity contribution is -0.145. The number of fused-ring (bicyclic) bond motifs is 1. The Hall–Kier alpha value is -1.89. The first kappa shape index (κ1) is 18.9. The van der Waals surface area contributed by atoms with Crippen molar-refractivity contribution < 1.29 is 19.1 Å². The highest BCUT2D eigenvalue weighted by Crippen LogP contribution is 2.36. The van der Waals surface area contributed by atoms with Crippen LogP contribution < -0.4 is 10.1 Å². The molecule has 26 heavy (non-hydrogen) atoms. The molecule has 136 valence electrons. The van der Waals surface area contributed by atoms with Crippen LogP contribution in [0.3, 0.4) is 0 Å². The van der Waals surface area contributed by atoms with Crippen molar-refractivity contribution in [2.75, 3.05) is 18.5 Å². The van der Waals surface area contributed by atoms with E-state index in [0.29, 0.717) is 15.8 Å². The number of rotatable bonds is 6. The fraction of sp³-hybridized carbons (Fsp3) is 0.222. The first-order valence-corrected chi connectivity index (χ1v) is 9.46. The first-order valence-electron chi connectivity index (χ1n) is 7.83. The van der Waals surface area contributed by atoms with Crippen molar-refractivity contribution in [3.05, 3.63) is 52.5 Å². The van der Waals surface area contributed by atoms with Crippen LogP contribution in [0.1, 0.15) is 6.42 Å². The number of hydrogen-bond acceptors (Lipinski definition) is 5. The van der Waals surface area contributed by atoms with Crippen LogP contribution in [0.2, 0.25) is 10.0 Å². The molecule has 1 amide bonds. The quantitative estimate of drug-likeness (QED) is 0.562. The lowest BCUT2D eigenvalue weighted by Gasteiger charge is -2.23. The van der Waals surface area contributed by atoms with Gasteiger partial charge in [0.05, 0.1) is 22.4 Å². The Morgan fingerprint density at radius 1 is 1.15 bits per heavy atom. The Balaban J connectivity index is 1.44. The topological polar surface area (TPSA) is 64.6 Å². The van der Waals surface area contributed by atoms with E-state index < -0.39 is 11.2 Å². The van der Waals surface area contributed by atoms with Gasteiger partial charge in [0.2, 0.25) is 5.91 Å². The van der Waals surface area contributed by atoms with Gasteiger partial charge >= 0.3 is 5.97 Å². The maximum absolute atomic E-state index is 12.1. The molecular weight excluding hydrogens is 397 g/mol. The lowest BCUT2D eigenvalue weighted by atomic mass is 10.2. The smallest absolute Gasteiger partial charge is 0.307 e. The maximum Gasteiger partial charge on any atom is 0.307 e. The van der Waals surface area contributed by atoms with Gasteiger partial charge in [0.1, 0.15) is 19.0 Å². The van der Waals surface area contributed by atoms with E-state index in [-0.39, 0.29) is 25.5 Å². The molecule has 8 heteroatoms. The van der Waals surface area contributed by atoms with E-state index in [1.807, 2.05) is 24.3 Å². The molecule has 2 aromatic carbocycles. The maximum atomic E-state index is 12.1. The number of nitrogens with one attached hydrogen (secondary N) is 1. The molecule has 5 nitrogen and oxygen atoms in total. The Morgan fingerprint density at radius 3 is 2.77 bits per heavy atom. The summed E-state index contributed by atoms with van der Waals surface area (Å²) < 4.78 is 10.6. The molecule has 0 radical (unpaired) electrons. The van der Waals surface area contributed by atoms with Crippen LogP contribution in [0, 0.1) is 0 Å². The largest absolute Gasteiger partial charge is 0.488 e. The molecule has 0 spiro atoms. The molecular formula is C18H15Cl2NO4S. The number of hydrogen-bond donors (Lipinski definition) is 1. The van der Waals surface area contributed by atoms with Gasteiger partial charge in [0.15, 0.2) is 0 Å². The second-order valence-corrected chi connectivity index (χ2v) is 7.53. The van der Waals surface area contributed by atoms with Gasteiger partial charge in [-0.25, -0.2) is 0 Å². The summed E-state index contributed by atoms with van der Waals surface area (Å²) in [5.41, 5.74) is 0.764.